The van der Waals surface area contributed by atoms with E-state index in [1.54, 1.807) is 0 Å². The van der Waals surface area contributed by atoms with Gasteiger partial charge in [0.1, 0.15) is 5.75 Å². The second-order valence-electron chi connectivity index (χ2n) is 5.89. The van der Waals surface area contributed by atoms with E-state index in [0.717, 1.165) is 15.6 Å². The Morgan fingerprint density at radius 1 is 0.880 bits per heavy atom. The van der Waals surface area contributed by atoms with Gasteiger partial charge in [0, 0.05) is 10.0 Å². The first-order valence-electron chi connectivity index (χ1n) is 8.05. The van der Waals surface area contributed by atoms with Gasteiger partial charge in [-0.2, -0.15) is 0 Å². The molecule has 3 heteroatoms. The van der Waals surface area contributed by atoms with Gasteiger partial charge in [-0.3, -0.25) is 4.79 Å². The fourth-order valence-electron chi connectivity index (χ4n) is 3.01. The molecule has 0 fully saturated rings. The van der Waals surface area contributed by atoms with Crippen molar-refractivity contribution in [1.29, 1.82) is 0 Å². The van der Waals surface area contributed by atoms with E-state index in [1.165, 1.54) is 0 Å². The third-order valence-corrected chi connectivity index (χ3v) is 4.69. The minimum absolute atomic E-state index is 0.00989. The summed E-state index contributed by atoms with van der Waals surface area (Å²) < 4.78 is 7.18. The molecule has 0 amide bonds. The van der Waals surface area contributed by atoms with Crippen LogP contribution in [-0.2, 0) is 0 Å². The van der Waals surface area contributed by atoms with E-state index in [1.807, 2.05) is 84.9 Å². The van der Waals surface area contributed by atoms with E-state index in [9.17, 15) is 4.79 Å². The number of hydrogen-bond acceptors (Lipinski definition) is 2. The third-order valence-electron chi connectivity index (χ3n) is 4.19. The van der Waals surface area contributed by atoms with Crippen molar-refractivity contribution in [2.24, 2.45) is 0 Å². The highest BCUT2D eigenvalue weighted by Gasteiger charge is 2.32. The Labute approximate surface area is 154 Å². The maximum Gasteiger partial charge on any atom is 0.196 e. The molecule has 0 N–H and O–H groups in total. The molecule has 0 aromatic heterocycles. The third kappa shape index (κ3) is 3.15. The van der Waals surface area contributed by atoms with E-state index >= 15 is 0 Å². The van der Waals surface area contributed by atoms with Crippen molar-refractivity contribution in [3.8, 4) is 5.75 Å². The zero-order chi connectivity index (χ0) is 17.2. The van der Waals surface area contributed by atoms with Crippen molar-refractivity contribution in [2.75, 3.05) is 0 Å². The van der Waals surface area contributed by atoms with Crippen LogP contribution in [0.5, 0.6) is 5.75 Å². The summed E-state index contributed by atoms with van der Waals surface area (Å²) in [6.07, 6.45) is 1.50. The van der Waals surface area contributed by atoms with Gasteiger partial charge in [-0.15, -0.1) is 0 Å². The Morgan fingerprint density at radius 3 is 2.44 bits per heavy atom. The van der Waals surface area contributed by atoms with Gasteiger partial charge in [0.25, 0.3) is 0 Å². The van der Waals surface area contributed by atoms with Gasteiger partial charge >= 0.3 is 0 Å². The number of halogens is 1. The predicted octanol–water partition coefficient (Wildman–Crippen LogP) is 5.85. The summed E-state index contributed by atoms with van der Waals surface area (Å²) in [6.45, 7) is 0. The zero-order valence-corrected chi connectivity index (χ0v) is 14.9. The van der Waals surface area contributed by atoms with Crippen molar-refractivity contribution >= 4 is 27.8 Å². The van der Waals surface area contributed by atoms with Gasteiger partial charge in [-0.05, 0) is 41.5 Å². The fraction of sp³-hybridized carbons (Fsp3) is 0.0455. The molecule has 1 atom stereocenters. The topological polar surface area (TPSA) is 26.3 Å². The van der Waals surface area contributed by atoms with Crippen molar-refractivity contribution < 1.29 is 9.53 Å². The number of ether oxygens (including phenoxy) is 1. The number of benzene rings is 3. The summed E-state index contributed by atoms with van der Waals surface area (Å²) in [5.41, 5.74) is 3.17. The smallest absolute Gasteiger partial charge is 0.196 e. The standard InChI is InChI=1S/C22H15BrO2/c23-17-10-6-7-15(13-17)14-19-21(24)18-11-4-5-12-20(18)25-22(19)16-8-2-1-3-9-16/h1-14,22H/b19-14-. The second-order valence-corrected chi connectivity index (χ2v) is 6.80. The number of ketones is 1. The van der Waals surface area contributed by atoms with Crippen LogP contribution >= 0.6 is 15.9 Å². The molecule has 25 heavy (non-hydrogen) atoms. The van der Waals surface area contributed by atoms with Crippen LogP contribution in [-0.4, -0.2) is 5.78 Å². The van der Waals surface area contributed by atoms with E-state index in [0.29, 0.717) is 16.9 Å². The largest absolute Gasteiger partial charge is 0.480 e. The van der Waals surface area contributed by atoms with Crippen molar-refractivity contribution in [2.45, 2.75) is 6.10 Å². The van der Waals surface area contributed by atoms with Gasteiger partial charge in [-0.25, -0.2) is 0 Å². The van der Waals surface area contributed by atoms with E-state index in [-0.39, 0.29) is 5.78 Å². The lowest BCUT2D eigenvalue weighted by Crippen LogP contribution is -2.23. The van der Waals surface area contributed by atoms with Gasteiger partial charge in [0.15, 0.2) is 11.9 Å². The summed E-state index contributed by atoms with van der Waals surface area (Å²) in [5.74, 6) is 0.642. The summed E-state index contributed by atoms with van der Waals surface area (Å²) in [5, 5.41) is 0. The Bertz CT molecular complexity index is 961. The Balaban J connectivity index is 1.87. The molecule has 1 aliphatic heterocycles. The molecule has 0 saturated heterocycles. The van der Waals surface area contributed by atoms with Crippen LogP contribution in [0.4, 0.5) is 0 Å². The molecule has 1 heterocycles. The van der Waals surface area contributed by atoms with Crippen LogP contribution in [0.15, 0.2) is 88.9 Å². The molecule has 1 aliphatic rings. The number of para-hydroxylation sites is 1. The van der Waals surface area contributed by atoms with E-state index in [2.05, 4.69) is 15.9 Å². The number of carbonyl (C=O) groups excluding carboxylic acids is 1. The van der Waals surface area contributed by atoms with Crippen molar-refractivity contribution in [3.63, 3.8) is 0 Å². The molecule has 3 aromatic carbocycles. The summed E-state index contributed by atoms with van der Waals surface area (Å²) in [6, 6.07) is 25.1. The molecular formula is C22H15BrO2. The highest BCUT2D eigenvalue weighted by molar-refractivity contribution is 9.10. The highest BCUT2D eigenvalue weighted by Crippen LogP contribution is 2.39. The lowest BCUT2D eigenvalue weighted by molar-refractivity contribution is 0.0963. The maximum atomic E-state index is 13.1. The number of carbonyl (C=O) groups is 1. The summed E-state index contributed by atoms with van der Waals surface area (Å²) in [4.78, 5) is 13.1. The Morgan fingerprint density at radius 2 is 1.64 bits per heavy atom. The molecule has 0 spiro atoms. The Kier molecular flexibility index (Phi) is 4.24. The van der Waals surface area contributed by atoms with Crippen molar-refractivity contribution in [1.82, 2.24) is 0 Å². The normalized spacial score (nSPS) is 17.9. The molecule has 0 bridgehead atoms. The summed E-state index contributed by atoms with van der Waals surface area (Å²) >= 11 is 3.48. The SMILES string of the molecule is O=C1/C(=C/c2cccc(Br)c2)C(c2ccccc2)Oc2ccccc21. The van der Waals surface area contributed by atoms with Crippen LogP contribution in [0.1, 0.15) is 27.6 Å². The predicted molar refractivity (Wildman–Crippen MR) is 103 cm³/mol. The average Bonchev–Trinajstić information content (AvgIpc) is 2.65. The first-order chi connectivity index (χ1) is 12.2. The molecular weight excluding hydrogens is 376 g/mol. The zero-order valence-electron chi connectivity index (χ0n) is 13.4. The molecule has 3 aromatic rings. The van der Waals surface area contributed by atoms with Crippen LogP contribution < -0.4 is 4.74 Å². The quantitative estimate of drug-likeness (QED) is 0.513. The highest BCUT2D eigenvalue weighted by atomic mass is 79.9. The average molecular weight is 391 g/mol. The molecule has 0 radical (unpaired) electrons. The van der Waals surface area contributed by atoms with Crippen LogP contribution in [0.25, 0.3) is 6.08 Å². The van der Waals surface area contributed by atoms with Gasteiger partial charge in [0.2, 0.25) is 0 Å². The summed E-state index contributed by atoms with van der Waals surface area (Å²) in [7, 11) is 0. The molecule has 122 valence electrons. The number of rotatable bonds is 2. The molecule has 1 unspecified atom stereocenters. The van der Waals surface area contributed by atoms with Crippen LogP contribution in [0.3, 0.4) is 0 Å². The van der Waals surface area contributed by atoms with Gasteiger partial charge < -0.3 is 4.74 Å². The number of hydrogen-bond donors (Lipinski definition) is 0. The number of Topliss-reactive ketones (excluding diaryl/α,β-unsaturated/α-hetero) is 1. The molecule has 0 saturated carbocycles. The molecule has 0 aliphatic carbocycles. The first kappa shape index (κ1) is 15.9. The minimum atomic E-state index is -0.414. The van der Waals surface area contributed by atoms with Gasteiger partial charge in [0.05, 0.1) is 5.56 Å². The monoisotopic (exact) mass is 390 g/mol. The molecule has 2 nitrogen and oxygen atoms in total. The van der Waals surface area contributed by atoms with Gasteiger partial charge in [-0.1, -0.05) is 70.5 Å². The van der Waals surface area contributed by atoms with E-state index in [4.69, 9.17) is 4.74 Å². The van der Waals surface area contributed by atoms with Crippen LogP contribution in [0, 0.1) is 0 Å². The lowest BCUT2D eigenvalue weighted by Gasteiger charge is -2.28. The fourth-order valence-corrected chi connectivity index (χ4v) is 3.43. The number of fused-ring (bicyclic) bond motifs is 1. The molecule has 4 rings (SSSR count). The van der Waals surface area contributed by atoms with Crippen LogP contribution in [0.2, 0.25) is 0 Å². The van der Waals surface area contributed by atoms with E-state index < -0.39 is 6.10 Å². The first-order valence-corrected chi connectivity index (χ1v) is 8.84. The minimum Gasteiger partial charge on any atom is -0.480 e. The second kappa shape index (κ2) is 6.69. The lowest BCUT2D eigenvalue weighted by atomic mass is 9.89. The maximum absolute atomic E-state index is 13.1. The van der Waals surface area contributed by atoms with Crippen molar-refractivity contribution in [3.05, 3.63) is 106 Å². The Hall–Kier alpha value is -2.65.